The zero-order chi connectivity index (χ0) is 13.4. The van der Waals surface area contributed by atoms with Crippen molar-refractivity contribution in [1.29, 1.82) is 0 Å². The van der Waals surface area contributed by atoms with Crippen molar-refractivity contribution in [2.45, 2.75) is 12.3 Å². The number of aromatic nitrogens is 2. The van der Waals surface area contributed by atoms with Crippen molar-refractivity contribution in [1.82, 2.24) is 9.38 Å². The summed E-state index contributed by atoms with van der Waals surface area (Å²) in [4.78, 5) is 4.60. The summed E-state index contributed by atoms with van der Waals surface area (Å²) >= 11 is 9.60. The minimum Gasteiger partial charge on any atom is -0.306 e. The first-order valence-electron chi connectivity index (χ1n) is 5.97. The van der Waals surface area contributed by atoms with Crippen molar-refractivity contribution in [3.8, 4) is 11.1 Å². The molecule has 0 bridgehead atoms. The van der Waals surface area contributed by atoms with Gasteiger partial charge in [0.25, 0.3) is 0 Å². The molecule has 2 heterocycles. The number of nitrogens with zero attached hydrogens (tertiary/aromatic N) is 2. The molecular formula is C15H12BrClN2. The molecule has 0 unspecified atom stereocenters. The maximum absolute atomic E-state index is 6.09. The van der Waals surface area contributed by atoms with Crippen LogP contribution in [-0.2, 0) is 5.33 Å². The quantitative estimate of drug-likeness (QED) is 0.611. The molecule has 0 aliphatic rings. The molecule has 0 atom stereocenters. The summed E-state index contributed by atoms with van der Waals surface area (Å²) in [5.41, 5.74) is 5.37. The minimum absolute atomic E-state index is 0.739. The smallest absolute Gasteiger partial charge is 0.144 e. The van der Waals surface area contributed by atoms with Crippen LogP contribution < -0.4 is 0 Å². The third-order valence-electron chi connectivity index (χ3n) is 3.02. The molecule has 0 saturated carbocycles. The van der Waals surface area contributed by atoms with Crippen LogP contribution in [0.5, 0.6) is 0 Å². The van der Waals surface area contributed by atoms with Gasteiger partial charge in [0, 0.05) is 28.3 Å². The fourth-order valence-corrected chi connectivity index (χ4v) is 2.72. The first-order valence-corrected chi connectivity index (χ1v) is 7.47. The van der Waals surface area contributed by atoms with Crippen molar-refractivity contribution < 1.29 is 0 Å². The standard InChI is InChI=1S/C15H12BrClN2/c1-10-8-19-9-11(7-16)5-14(15(19)18-10)12-3-2-4-13(17)6-12/h2-6,8-9H,7H2,1H3. The normalized spacial score (nSPS) is 11.1. The van der Waals surface area contributed by atoms with E-state index in [1.54, 1.807) is 0 Å². The second-order valence-corrected chi connectivity index (χ2v) is 5.52. The van der Waals surface area contributed by atoms with Crippen LogP contribution >= 0.6 is 27.5 Å². The van der Waals surface area contributed by atoms with Crippen LogP contribution in [0.4, 0.5) is 0 Å². The van der Waals surface area contributed by atoms with Crippen LogP contribution in [0.25, 0.3) is 16.8 Å². The van der Waals surface area contributed by atoms with Gasteiger partial charge in [-0.3, -0.25) is 0 Å². The summed E-state index contributed by atoms with van der Waals surface area (Å²) < 4.78 is 2.07. The molecule has 0 spiro atoms. The van der Waals surface area contributed by atoms with Gasteiger partial charge in [-0.25, -0.2) is 4.98 Å². The molecule has 4 heteroatoms. The molecule has 0 fully saturated rings. The molecule has 0 aliphatic carbocycles. The number of aryl methyl sites for hydroxylation is 1. The molecule has 3 aromatic rings. The lowest BCUT2D eigenvalue weighted by molar-refractivity contribution is 1.15. The summed E-state index contributed by atoms with van der Waals surface area (Å²) in [6, 6.07) is 10.0. The van der Waals surface area contributed by atoms with Gasteiger partial charge in [-0.2, -0.15) is 0 Å². The molecule has 3 rings (SSSR count). The number of alkyl halides is 1. The van der Waals surface area contributed by atoms with Crippen molar-refractivity contribution in [3.05, 3.63) is 59.0 Å². The van der Waals surface area contributed by atoms with Gasteiger partial charge in [0.1, 0.15) is 5.65 Å². The Morgan fingerprint density at radius 1 is 1.26 bits per heavy atom. The molecular weight excluding hydrogens is 324 g/mol. The van der Waals surface area contributed by atoms with Gasteiger partial charge in [-0.1, -0.05) is 39.7 Å². The predicted molar refractivity (Wildman–Crippen MR) is 83.0 cm³/mol. The lowest BCUT2D eigenvalue weighted by atomic mass is 10.1. The van der Waals surface area contributed by atoms with Gasteiger partial charge in [0.05, 0.1) is 5.69 Å². The van der Waals surface area contributed by atoms with E-state index in [-0.39, 0.29) is 0 Å². The Morgan fingerprint density at radius 2 is 2.11 bits per heavy atom. The average Bonchev–Trinajstić information content (AvgIpc) is 2.77. The largest absolute Gasteiger partial charge is 0.306 e. The molecule has 0 aliphatic heterocycles. The van der Waals surface area contributed by atoms with E-state index >= 15 is 0 Å². The van der Waals surface area contributed by atoms with Crippen molar-refractivity contribution in [2.75, 3.05) is 0 Å². The molecule has 1 aromatic carbocycles. The molecule has 0 saturated heterocycles. The summed E-state index contributed by atoms with van der Waals surface area (Å²) in [5.74, 6) is 0. The molecule has 0 amide bonds. The zero-order valence-electron chi connectivity index (χ0n) is 10.4. The highest BCUT2D eigenvalue weighted by atomic mass is 79.9. The summed E-state index contributed by atoms with van der Waals surface area (Å²) in [6.07, 6.45) is 4.13. The van der Waals surface area contributed by atoms with Crippen LogP contribution in [-0.4, -0.2) is 9.38 Å². The van der Waals surface area contributed by atoms with E-state index in [9.17, 15) is 0 Å². The maximum atomic E-state index is 6.09. The zero-order valence-corrected chi connectivity index (χ0v) is 12.7. The number of hydrogen-bond donors (Lipinski definition) is 0. The van der Waals surface area contributed by atoms with E-state index in [2.05, 4.69) is 43.6 Å². The maximum Gasteiger partial charge on any atom is 0.144 e. The number of imidazole rings is 1. The number of benzene rings is 1. The highest BCUT2D eigenvalue weighted by Gasteiger charge is 2.09. The number of pyridine rings is 1. The number of rotatable bonds is 2. The summed E-state index contributed by atoms with van der Waals surface area (Å²) in [7, 11) is 0. The molecule has 0 N–H and O–H groups in total. The molecule has 19 heavy (non-hydrogen) atoms. The van der Waals surface area contributed by atoms with Gasteiger partial charge < -0.3 is 4.40 Å². The van der Waals surface area contributed by atoms with E-state index in [1.807, 2.05) is 31.3 Å². The first-order chi connectivity index (χ1) is 9.17. The minimum atomic E-state index is 0.739. The highest BCUT2D eigenvalue weighted by Crippen LogP contribution is 2.28. The van der Waals surface area contributed by atoms with Crippen molar-refractivity contribution in [2.24, 2.45) is 0 Å². The second kappa shape index (κ2) is 4.99. The number of fused-ring (bicyclic) bond motifs is 1. The van der Waals surface area contributed by atoms with Crippen LogP contribution in [0.3, 0.4) is 0 Å². The molecule has 96 valence electrons. The Hall–Kier alpha value is -1.32. The van der Waals surface area contributed by atoms with E-state index in [0.29, 0.717) is 0 Å². The van der Waals surface area contributed by atoms with Gasteiger partial charge in [0.15, 0.2) is 0 Å². The lowest BCUT2D eigenvalue weighted by Gasteiger charge is -2.07. The number of halogens is 2. The van der Waals surface area contributed by atoms with E-state index in [1.165, 1.54) is 5.56 Å². The predicted octanol–water partition coefficient (Wildman–Crippen LogP) is 4.86. The van der Waals surface area contributed by atoms with Gasteiger partial charge in [0.2, 0.25) is 0 Å². The van der Waals surface area contributed by atoms with Crippen molar-refractivity contribution in [3.63, 3.8) is 0 Å². The van der Waals surface area contributed by atoms with E-state index < -0.39 is 0 Å². The van der Waals surface area contributed by atoms with Gasteiger partial charge >= 0.3 is 0 Å². The fourth-order valence-electron chi connectivity index (χ4n) is 2.22. The van der Waals surface area contributed by atoms with E-state index in [0.717, 1.165) is 32.8 Å². The summed E-state index contributed by atoms with van der Waals surface area (Å²) in [6.45, 7) is 2.00. The average molecular weight is 336 g/mol. The molecule has 2 nitrogen and oxygen atoms in total. The Kier molecular flexibility index (Phi) is 3.33. The topological polar surface area (TPSA) is 17.3 Å². The monoisotopic (exact) mass is 334 g/mol. The Bertz CT molecular complexity index is 749. The van der Waals surface area contributed by atoms with Gasteiger partial charge in [-0.15, -0.1) is 0 Å². The van der Waals surface area contributed by atoms with Crippen LogP contribution in [0.15, 0.2) is 42.7 Å². The fraction of sp³-hybridized carbons (Fsp3) is 0.133. The third kappa shape index (κ3) is 2.40. The van der Waals surface area contributed by atoms with Crippen LogP contribution in [0.1, 0.15) is 11.3 Å². The molecule has 2 aromatic heterocycles. The molecule has 0 radical (unpaired) electrons. The van der Waals surface area contributed by atoms with E-state index in [4.69, 9.17) is 11.6 Å². The first kappa shape index (κ1) is 12.7. The third-order valence-corrected chi connectivity index (χ3v) is 3.90. The van der Waals surface area contributed by atoms with Gasteiger partial charge in [-0.05, 0) is 36.2 Å². The second-order valence-electron chi connectivity index (χ2n) is 4.52. The Balaban J connectivity index is 2.32. The Morgan fingerprint density at radius 3 is 2.84 bits per heavy atom. The number of hydrogen-bond acceptors (Lipinski definition) is 1. The lowest BCUT2D eigenvalue weighted by Crippen LogP contribution is -1.91. The Labute approximate surface area is 125 Å². The highest BCUT2D eigenvalue weighted by molar-refractivity contribution is 9.08. The van der Waals surface area contributed by atoms with Crippen LogP contribution in [0.2, 0.25) is 5.02 Å². The van der Waals surface area contributed by atoms with Crippen LogP contribution in [0, 0.1) is 6.92 Å². The SMILES string of the molecule is Cc1cn2cc(CBr)cc(-c3cccc(Cl)c3)c2n1. The van der Waals surface area contributed by atoms with Crippen molar-refractivity contribution >= 4 is 33.2 Å². The summed E-state index contributed by atoms with van der Waals surface area (Å²) in [5, 5.41) is 1.55.